The van der Waals surface area contributed by atoms with Crippen molar-refractivity contribution in [2.45, 2.75) is 0 Å². The Hall–Kier alpha value is -1.66. The Balaban J connectivity index is 1.91. The topological polar surface area (TPSA) is 63.7 Å². The van der Waals surface area contributed by atoms with Crippen LogP contribution in [0, 0.1) is 0 Å². The van der Waals surface area contributed by atoms with Crippen LogP contribution in [0.3, 0.4) is 0 Å². The minimum Gasteiger partial charge on any atom is -0.383 e. The van der Waals surface area contributed by atoms with Gasteiger partial charge in [-0.25, -0.2) is 4.98 Å². The fraction of sp³-hybridized carbons (Fsp3) is 0.538. The van der Waals surface area contributed by atoms with Gasteiger partial charge in [-0.15, -0.1) is 0 Å². The molecule has 1 saturated heterocycles. The molecule has 19 heavy (non-hydrogen) atoms. The normalized spacial score (nSPS) is 15.3. The standard InChI is InChI=1S/C13H19N3O3/c1-18-7-4-14-11-2-3-12(15-10-11)13(17)16-5-8-19-9-6-16/h2-3,10,14H,4-9H2,1H3. The first-order valence-electron chi connectivity index (χ1n) is 6.37. The lowest BCUT2D eigenvalue weighted by atomic mass is 10.3. The zero-order chi connectivity index (χ0) is 13.5. The first kappa shape index (κ1) is 13.8. The van der Waals surface area contributed by atoms with Crippen molar-refractivity contribution >= 4 is 11.6 Å². The average molecular weight is 265 g/mol. The fourth-order valence-corrected chi connectivity index (χ4v) is 1.85. The summed E-state index contributed by atoms with van der Waals surface area (Å²) in [4.78, 5) is 18.1. The van der Waals surface area contributed by atoms with Gasteiger partial charge in [0.25, 0.3) is 5.91 Å². The number of nitrogens with one attached hydrogen (secondary N) is 1. The van der Waals surface area contributed by atoms with Crippen LogP contribution >= 0.6 is 0 Å². The van der Waals surface area contributed by atoms with E-state index in [1.807, 2.05) is 6.07 Å². The number of ether oxygens (including phenoxy) is 2. The van der Waals surface area contributed by atoms with Crippen LogP contribution in [0.2, 0.25) is 0 Å². The highest BCUT2D eigenvalue weighted by Crippen LogP contribution is 2.09. The van der Waals surface area contributed by atoms with E-state index < -0.39 is 0 Å². The third-order valence-electron chi connectivity index (χ3n) is 2.92. The molecule has 0 bridgehead atoms. The molecule has 0 saturated carbocycles. The van der Waals surface area contributed by atoms with Crippen molar-refractivity contribution in [3.8, 4) is 0 Å². The average Bonchev–Trinajstić information content (AvgIpc) is 2.48. The molecular formula is C13H19N3O3. The molecule has 0 aromatic carbocycles. The summed E-state index contributed by atoms with van der Waals surface area (Å²) in [6, 6.07) is 3.60. The predicted octanol–water partition coefficient (Wildman–Crippen LogP) is 0.612. The lowest BCUT2D eigenvalue weighted by Gasteiger charge is -2.26. The lowest BCUT2D eigenvalue weighted by molar-refractivity contribution is 0.0299. The van der Waals surface area contributed by atoms with Gasteiger partial charge in [0.15, 0.2) is 0 Å². The Morgan fingerprint density at radius 2 is 2.26 bits per heavy atom. The molecule has 104 valence electrons. The van der Waals surface area contributed by atoms with Crippen LogP contribution in [-0.2, 0) is 9.47 Å². The quantitative estimate of drug-likeness (QED) is 0.790. The van der Waals surface area contributed by atoms with E-state index in [-0.39, 0.29) is 5.91 Å². The summed E-state index contributed by atoms with van der Waals surface area (Å²) >= 11 is 0. The predicted molar refractivity (Wildman–Crippen MR) is 71.3 cm³/mol. The van der Waals surface area contributed by atoms with Gasteiger partial charge in [0.1, 0.15) is 5.69 Å². The number of carbonyl (C=O) groups is 1. The number of hydrogen-bond donors (Lipinski definition) is 1. The summed E-state index contributed by atoms with van der Waals surface area (Å²) in [5, 5.41) is 3.16. The van der Waals surface area contributed by atoms with Crippen molar-refractivity contribution in [1.29, 1.82) is 0 Å². The van der Waals surface area contributed by atoms with Crippen LogP contribution in [0.1, 0.15) is 10.5 Å². The van der Waals surface area contributed by atoms with Gasteiger partial charge in [0, 0.05) is 26.7 Å². The monoisotopic (exact) mass is 265 g/mol. The molecule has 2 heterocycles. The summed E-state index contributed by atoms with van der Waals surface area (Å²) in [7, 11) is 1.66. The maximum atomic E-state index is 12.1. The largest absolute Gasteiger partial charge is 0.383 e. The highest BCUT2D eigenvalue weighted by molar-refractivity contribution is 5.92. The second kappa shape index (κ2) is 7.06. The molecule has 0 atom stereocenters. The molecule has 1 aliphatic heterocycles. The molecule has 1 fully saturated rings. The highest BCUT2D eigenvalue weighted by Gasteiger charge is 2.19. The van der Waals surface area contributed by atoms with Crippen molar-refractivity contribution in [1.82, 2.24) is 9.88 Å². The van der Waals surface area contributed by atoms with Crippen LogP contribution in [0.25, 0.3) is 0 Å². The number of methoxy groups -OCH3 is 1. The molecule has 1 aliphatic rings. The van der Waals surface area contributed by atoms with Crippen molar-refractivity contribution in [2.75, 3.05) is 51.9 Å². The maximum Gasteiger partial charge on any atom is 0.272 e. The van der Waals surface area contributed by atoms with Gasteiger partial charge in [0.05, 0.1) is 31.7 Å². The Bertz CT molecular complexity index is 402. The van der Waals surface area contributed by atoms with E-state index in [9.17, 15) is 4.79 Å². The zero-order valence-corrected chi connectivity index (χ0v) is 11.1. The van der Waals surface area contributed by atoms with Crippen LogP contribution in [0.4, 0.5) is 5.69 Å². The zero-order valence-electron chi connectivity index (χ0n) is 11.1. The molecule has 2 rings (SSSR count). The third kappa shape index (κ3) is 3.90. The molecular weight excluding hydrogens is 246 g/mol. The van der Waals surface area contributed by atoms with Gasteiger partial charge >= 0.3 is 0 Å². The number of nitrogens with zero attached hydrogens (tertiary/aromatic N) is 2. The number of morpholine rings is 1. The van der Waals surface area contributed by atoms with Gasteiger partial charge in [-0.3, -0.25) is 4.79 Å². The van der Waals surface area contributed by atoms with E-state index in [1.54, 1.807) is 24.3 Å². The number of hydrogen-bond acceptors (Lipinski definition) is 5. The van der Waals surface area contributed by atoms with Gasteiger partial charge in [-0.2, -0.15) is 0 Å². The summed E-state index contributed by atoms with van der Waals surface area (Å²) in [5.41, 5.74) is 1.36. The molecule has 0 spiro atoms. The molecule has 1 N–H and O–H groups in total. The first-order valence-corrected chi connectivity index (χ1v) is 6.37. The van der Waals surface area contributed by atoms with Crippen molar-refractivity contribution < 1.29 is 14.3 Å². The van der Waals surface area contributed by atoms with Crippen molar-refractivity contribution in [3.63, 3.8) is 0 Å². The van der Waals surface area contributed by atoms with Gasteiger partial charge in [0.2, 0.25) is 0 Å². The van der Waals surface area contributed by atoms with E-state index in [4.69, 9.17) is 9.47 Å². The van der Waals surface area contributed by atoms with Crippen LogP contribution in [0.5, 0.6) is 0 Å². The Labute approximate surface area is 112 Å². The van der Waals surface area contributed by atoms with E-state index >= 15 is 0 Å². The second-order valence-corrected chi connectivity index (χ2v) is 4.26. The van der Waals surface area contributed by atoms with Crippen LogP contribution < -0.4 is 5.32 Å². The minimum atomic E-state index is -0.0354. The van der Waals surface area contributed by atoms with Gasteiger partial charge < -0.3 is 19.7 Å². The number of amides is 1. The molecule has 1 amide bonds. The van der Waals surface area contributed by atoms with E-state index in [0.29, 0.717) is 38.6 Å². The Kier molecular flexibility index (Phi) is 5.11. The molecule has 0 unspecified atom stereocenters. The summed E-state index contributed by atoms with van der Waals surface area (Å²) in [6.07, 6.45) is 1.67. The Morgan fingerprint density at radius 3 is 2.89 bits per heavy atom. The van der Waals surface area contributed by atoms with Crippen LogP contribution in [0.15, 0.2) is 18.3 Å². The summed E-state index contributed by atoms with van der Waals surface area (Å²) in [6.45, 7) is 3.82. The van der Waals surface area contributed by atoms with E-state index in [0.717, 1.165) is 12.2 Å². The molecule has 1 aromatic rings. The highest BCUT2D eigenvalue weighted by atomic mass is 16.5. The number of pyridine rings is 1. The number of aromatic nitrogens is 1. The lowest BCUT2D eigenvalue weighted by Crippen LogP contribution is -2.41. The third-order valence-corrected chi connectivity index (χ3v) is 2.92. The van der Waals surface area contributed by atoms with E-state index in [2.05, 4.69) is 10.3 Å². The molecule has 0 radical (unpaired) electrons. The molecule has 0 aliphatic carbocycles. The fourth-order valence-electron chi connectivity index (χ4n) is 1.85. The number of anilines is 1. The Morgan fingerprint density at radius 1 is 1.47 bits per heavy atom. The number of carbonyl (C=O) groups excluding carboxylic acids is 1. The molecule has 6 heteroatoms. The molecule has 6 nitrogen and oxygen atoms in total. The first-order chi connectivity index (χ1) is 9.31. The van der Waals surface area contributed by atoms with Gasteiger partial charge in [-0.05, 0) is 12.1 Å². The van der Waals surface area contributed by atoms with Crippen molar-refractivity contribution in [2.24, 2.45) is 0 Å². The summed E-state index contributed by atoms with van der Waals surface area (Å²) < 4.78 is 10.2. The summed E-state index contributed by atoms with van der Waals surface area (Å²) in [5.74, 6) is -0.0354. The number of rotatable bonds is 5. The minimum absolute atomic E-state index is 0.0354. The second-order valence-electron chi connectivity index (χ2n) is 4.26. The van der Waals surface area contributed by atoms with Gasteiger partial charge in [-0.1, -0.05) is 0 Å². The van der Waals surface area contributed by atoms with E-state index in [1.165, 1.54) is 0 Å². The van der Waals surface area contributed by atoms with Crippen LogP contribution in [-0.4, -0.2) is 62.4 Å². The molecule has 1 aromatic heterocycles. The van der Waals surface area contributed by atoms with Crippen molar-refractivity contribution in [3.05, 3.63) is 24.0 Å². The smallest absolute Gasteiger partial charge is 0.272 e. The maximum absolute atomic E-state index is 12.1. The SMILES string of the molecule is COCCNc1ccc(C(=O)N2CCOCC2)nc1.